The van der Waals surface area contributed by atoms with Crippen LogP contribution >= 0.6 is 0 Å². The van der Waals surface area contributed by atoms with Crippen molar-refractivity contribution in [1.29, 1.82) is 0 Å². The van der Waals surface area contributed by atoms with Gasteiger partial charge >= 0.3 is 0 Å². The summed E-state index contributed by atoms with van der Waals surface area (Å²) in [5.41, 5.74) is 2.76. The van der Waals surface area contributed by atoms with Gasteiger partial charge in [-0.2, -0.15) is 0 Å². The molecule has 1 nitrogen and oxygen atoms in total. The van der Waals surface area contributed by atoms with E-state index in [2.05, 4.69) is 50.2 Å². The fourth-order valence-corrected chi connectivity index (χ4v) is 1.47. The van der Waals surface area contributed by atoms with Crippen molar-refractivity contribution in [2.24, 2.45) is 0 Å². The van der Waals surface area contributed by atoms with Crippen molar-refractivity contribution in [1.82, 2.24) is 0 Å². The third-order valence-corrected chi connectivity index (χ3v) is 2.17. The number of hydrogen-bond donors (Lipinski definition) is 0. The van der Waals surface area contributed by atoms with E-state index in [4.69, 9.17) is 0 Å². The van der Waals surface area contributed by atoms with Crippen molar-refractivity contribution < 1.29 is 0 Å². The van der Waals surface area contributed by atoms with E-state index in [-0.39, 0.29) is 0 Å². The number of nitrogens with zero attached hydrogens (tertiary/aromatic N) is 1. The Kier molecular flexibility index (Phi) is 3.81. The van der Waals surface area contributed by atoms with Gasteiger partial charge in [-0.1, -0.05) is 31.5 Å². The molecule has 0 saturated carbocycles. The Morgan fingerprint density at radius 2 is 1.92 bits per heavy atom. The largest absolute Gasteiger partial charge is 0.377 e. The van der Waals surface area contributed by atoms with Crippen LogP contribution in [0, 0.1) is 6.92 Å². The van der Waals surface area contributed by atoms with Crippen molar-refractivity contribution in [3.8, 4) is 0 Å². The lowest BCUT2D eigenvalue weighted by molar-refractivity contribution is 0.837. The fourth-order valence-electron chi connectivity index (χ4n) is 1.47. The first-order valence-electron chi connectivity index (χ1n) is 4.80. The van der Waals surface area contributed by atoms with Crippen molar-refractivity contribution in [2.45, 2.75) is 19.3 Å². The van der Waals surface area contributed by atoms with Gasteiger partial charge in [-0.15, -0.1) is 0 Å². The SMILES string of the molecule is [CH2]CCCc1ccccc1N(C)C. The van der Waals surface area contributed by atoms with Crippen molar-refractivity contribution >= 4 is 5.69 Å². The molecule has 0 unspecified atom stereocenters. The summed E-state index contributed by atoms with van der Waals surface area (Å²) in [6.07, 6.45) is 3.32. The van der Waals surface area contributed by atoms with Gasteiger partial charge in [0.25, 0.3) is 0 Å². The first kappa shape index (κ1) is 10.1. The van der Waals surface area contributed by atoms with Gasteiger partial charge in [-0.3, -0.25) is 0 Å². The summed E-state index contributed by atoms with van der Waals surface area (Å²) < 4.78 is 0. The highest BCUT2D eigenvalue weighted by atomic mass is 15.1. The Morgan fingerprint density at radius 3 is 2.54 bits per heavy atom. The van der Waals surface area contributed by atoms with Gasteiger partial charge in [0.2, 0.25) is 0 Å². The average Bonchev–Trinajstić information content (AvgIpc) is 2.15. The molecule has 1 radical (unpaired) electrons. The molecule has 0 fully saturated rings. The number of para-hydroxylation sites is 1. The Labute approximate surface area is 81.4 Å². The minimum Gasteiger partial charge on any atom is -0.377 e. The second kappa shape index (κ2) is 4.90. The van der Waals surface area contributed by atoms with E-state index in [1.165, 1.54) is 17.7 Å². The number of hydrogen-bond acceptors (Lipinski definition) is 1. The van der Waals surface area contributed by atoms with Crippen molar-refractivity contribution in [2.75, 3.05) is 19.0 Å². The molecule has 1 aromatic carbocycles. The van der Waals surface area contributed by atoms with Crippen LogP contribution in [0.4, 0.5) is 5.69 Å². The van der Waals surface area contributed by atoms with Crippen LogP contribution in [-0.2, 0) is 6.42 Å². The molecular formula is C12H18N. The molecule has 1 heteroatoms. The van der Waals surface area contributed by atoms with Crippen LogP contribution in [0.3, 0.4) is 0 Å². The van der Waals surface area contributed by atoms with Gasteiger partial charge in [0.15, 0.2) is 0 Å². The molecule has 0 spiro atoms. The first-order chi connectivity index (χ1) is 6.25. The first-order valence-corrected chi connectivity index (χ1v) is 4.80. The number of aryl methyl sites for hydroxylation is 1. The Morgan fingerprint density at radius 1 is 1.23 bits per heavy atom. The van der Waals surface area contributed by atoms with Crippen LogP contribution in [0.2, 0.25) is 0 Å². The van der Waals surface area contributed by atoms with E-state index in [9.17, 15) is 0 Å². The van der Waals surface area contributed by atoms with Gasteiger partial charge in [0, 0.05) is 19.8 Å². The normalized spacial score (nSPS) is 10.1. The summed E-state index contributed by atoms with van der Waals surface area (Å²) in [7, 11) is 4.17. The zero-order chi connectivity index (χ0) is 9.68. The maximum Gasteiger partial charge on any atom is 0.0393 e. The predicted octanol–water partition coefficient (Wildman–Crippen LogP) is 2.91. The monoisotopic (exact) mass is 176 g/mol. The van der Waals surface area contributed by atoms with Crippen LogP contribution in [0.5, 0.6) is 0 Å². The van der Waals surface area contributed by atoms with Gasteiger partial charge in [-0.25, -0.2) is 0 Å². The second-order valence-corrected chi connectivity index (χ2v) is 3.48. The van der Waals surface area contributed by atoms with Crippen molar-refractivity contribution in [3.05, 3.63) is 36.8 Å². The second-order valence-electron chi connectivity index (χ2n) is 3.48. The maximum atomic E-state index is 3.86. The summed E-state index contributed by atoms with van der Waals surface area (Å²) >= 11 is 0. The third-order valence-electron chi connectivity index (χ3n) is 2.17. The summed E-state index contributed by atoms with van der Waals surface area (Å²) in [6, 6.07) is 8.55. The molecule has 0 aliphatic rings. The zero-order valence-corrected chi connectivity index (χ0v) is 8.59. The molecule has 0 saturated heterocycles. The van der Waals surface area contributed by atoms with E-state index in [0.717, 1.165) is 12.8 Å². The predicted molar refractivity (Wildman–Crippen MR) is 59.1 cm³/mol. The molecule has 0 bridgehead atoms. The molecule has 0 amide bonds. The number of rotatable bonds is 4. The highest BCUT2D eigenvalue weighted by Crippen LogP contribution is 2.19. The topological polar surface area (TPSA) is 3.24 Å². The van der Waals surface area contributed by atoms with Gasteiger partial charge in [0.1, 0.15) is 0 Å². The summed E-state index contributed by atoms with van der Waals surface area (Å²) in [5, 5.41) is 0. The molecule has 71 valence electrons. The quantitative estimate of drug-likeness (QED) is 0.682. The van der Waals surface area contributed by atoms with Gasteiger partial charge < -0.3 is 4.90 Å². The molecule has 0 aromatic heterocycles. The van der Waals surface area contributed by atoms with Crippen molar-refractivity contribution in [3.63, 3.8) is 0 Å². The van der Waals surface area contributed by atoms with Gasteiger partial charge in [-0.05, 0) is 24.5 Å². The summed E-state index contributed by atoms with van der Waals surface area (Å²) in [4.78, 5) is 2.17. The number of unbranched alkanes of at least 4 members (excludes halogenated alkanes) is 1. The summed E-state index contributed by atoms with van der Waals surface area (Å²) in [5.74, 6) is 0. The molecule has 0 aliphatic carbocycles. The van der Waals surface area contributed by atoms with Crippen LogP contribution in [0.25, 0.3) is 0 Å². The van der Waals surface area contributed by atoms with E-state index in [1.54, 1.807) is 0 Å². The van der Waals surface area contributed by atoms with Crippen LogP contribution in [0.15, 0.2) is 24.3 Å². The molecule has 1 rings (SSSR count). The van der Waals surface area contributed by atoms with Crippen LogP contribution < -0.4 is 4.90 Å². The molecule has 0 N–H and O–H groups in total. The number of benzene rings is 1. The molecule has 1 aromatic rings. The average molecular weight is 176 g/mol. The molecule has 0 aliphatic heterocycles. The lowest BCUT2D eigenvalue weighted by Gasteiger charge is -2.16. The fraction of sp³-hybridized carbons (Fsp3) is 0.417. The molecule has 0 heterocycles. The molecule has 13 heavy (non-hydrogen) atoms. The molecule has 0 atom stereocenters. The standard InChI is InChI=1S/C12H18N/c1-4-5-8-11-9-6-7-10-12(11)13(2)3/h6-7,9-10H,1,4-5,8H2,2-3H3. The highest BCUT2D eigenvalue weighted by Gasteiger charge is 2.01. The highest BCUT2D eigenvalue weighted by molar-refractivity contribution is 5.52. The maximum absolute atomic E-state index is 3.86. The Hall–Kier alpha value is -0.980. The third kappa shape index (κ3) is 2.76. The smallest absolute Gasteiger partial charge is 0.0393 e. The van der Waals surface area contributed by atoms with Gasteiger partial charge in [0.05, 0.1) is 0 Å². The Balaban J connectivity index is 2.78. The minimum absolute atomic E-state index is 1.02. The Bertz CT molecular complexity index is 253. The minimum atomic E-state index is 1.02. The van der Waals surface area contributed by atoms with E-state index < -0.39 is 0 Å². The van der Waals surface area contributed by atoms with Crippen LogP contribution in [0.1, 0.15) is 18.4 Å². The lowest BCUT2D eigenvalue weighted by atomic mass is 10.1. The van der Waals surface area contributed by atoms with Crippen LogP contribution in [-0.4, -0.2) is 14.1 Å². The van der Waals surface area contributed by atoms with E-state index in [0.29, 0.717) is 0 Å². The number of anilines is 1. The molecular weight excluding hydrogens is 158 g/mol. The van der Waals surface area contributed by atoms with E-state index >= 15 is 0 Å². The summed E-state index contributed by atoms with van der Waals surface area (Å²) in [6.45, 7) is 3.86. The lowest BCUT2D eigenvalue weighted by Crippen LogP contribution is -2.11. The van der Waals surface area contributed by atoms with E-state index in [1.807, 2.05) is 0 Å². The zero-order valence-electron chi connectivity index (χ0n) is 8.59.